The van der Waals surface area contributed by atoms with Gasteiger partial charge in [-0.2, -0.15) is 0 Å². The number of aromatic hydroxyl groups is 2. The summed E-state index contributed by atoms with van der Waals surface area (Å²) in [6.07, 6.45) is 1.31. The van der Waals surface area contributed by atoms with Gasteiger partial charge in [0.2, 0.25) is 0 Å². The lowest BCUT2D eigenvalue weighted by Crippen LogP contribution is -2.22. The van der Waals surface area contributed by atoms with Gasteiger partial charge in [0, 0.05) is 13.2 Å². The second-order valence-corrected chi connectivity index (χ2v) is 17.4. The first-order chi connectivity index (χ1) is 21.8. The van der Waals surface area contributed by atoms with Gasteiger partial charge in [0.15, 0.2) is 0 Å². The fraction of sp³-hybridized carbons (Fsp3) is 0.650. The molecule has 2 rings (SSSR count). The molecule has 0 amide bonds. The van der Waals surface area contributed by atoms with Crippen molar-refractivity contribution in [2.75, 3.05) is 26.4 Å². The first-order valence-electron chi connectivity index (χ1n) is 17.2. The molecule has 0 radical (unpaired) electrons. The zero-order chi connectivity index (χ0) is 36.8. The molecule has 0 spiro atoms. The molecule has 0 saturated carbocycles. The molecule has 0 fully saturated rings. The molecule has 8 heteroatoms. The third-order valence-electron chi connectivity index (χ3n) is 8.83. The van der Waals surface area contributed by atoms with Gasteiger partial charge in [0.1, 0.15) is 11.5 Å². The Labute approximate surface area is 288 Å². The Balaban J connectivity index is 1.94. The number of aliphatic carboxylic acids is 2. The minimum atomic E-state index is -0.893. The van der Waals surface area contributed by atoms with Crippen molar-refractivity contribution >= 4 is 11.9 Å². The van der Waals surface area contributed by atoms with E-state index in [1.165, 1.54) is 0 Å². The maximum Gasteiger partial charge on any atom is 0.306 e. The number of ether oxygens (including phenoxy) is 2. The van der Waals surface area contributed by atoms with Crippen molar-refractivity contribution in [1.29, 1.82) is 0 Å². The minimum Gasteiger partial charge on any atom is -0.507 e. The van der Waals surface area contributed by atoms with Gasteiger partial charge in [0.05, 0.1) is 25.0 Å². The van der Waals surface area contributed by atoms with Crippen LogP contribution in [-0.2, 0) is 53.6 Å². The van der Waals surface area contributed by atoms with Crippen LogP contribution in [0.25, 0.3) is 0 Å². The molecule has 4 N–H and O–H groups in total. The average molecular weight is 671 g/mol. The lowest BCUT2D eigenvalue weighted by Gasteiger charge is -2.28. The molecular formula is C40H62O8. The van der Waals surface area contributed by atoms with Gasteiger partial charge in [0.25, 0.3) is 0 Å². The summed E-state index contributed by atoms with van der Waals surface area (Å²) in [4.78, 5) is 24.3. The molecule has 48 heavy (non-hydrogen) atoms. The molecule has 0 heterocycles. The van der Waals surface area contributed by atoms with Crippen molar-refractivity contribution in [2.45, 2.75) is 130 Å². The van der Waals surface area contributed by atoms with Crippen LogP contribution < -0.4 is 0 Å². The Morgan fingerprint density at radius 3 is 0.979 bits per heavy atom. The summed E-state index contributed by atoms with van der Waals surface area (Å²) in [6, 6.07) is 7.70. The van der Waals surface area contributed by atoms with Crippen LogP contribution >= 0.6 is 0 Å². The van der Waals surface area contributed by atoms with Crippen molar-refractivity contribution in [1.82, 2.24) is 0 Å². The van der Waals surface area contributed by atoms with Gasteiger partial charge in [-0.15, -0.1) is 0 Å². The topological polar surface area (TPSA) is 134 Å². The maximum atomic E-state index is 12.2. The van der Waals surface area contributed by atoms with Crippen molar-refractivity contribution in [2.24, 2.45) is 11.8 Å². The molecule has 2 unspecified atom stereocenters. The molecule has 0 bridgehead atoms. The van der Waals surface area contributed by atoms with E-state index in [-0.39, 0.29) is 59.6 Å². The number of carboxylic acids is 2. The van der Waals surface area contributed by atoms with Crippen LogP contribution in [0.3, 0.4) is 0 Å². The number of carboxylic acid groups (broad SMARTS) is 2. The van der Waals surface area contributed by atoms with Gasteiger partial charge in [-0.1, -0.05) is 107 Å². The largest absolute Gasteiger partial charge is 0.507 e. The molecule has 270 valence electrons. The molecule has 2 aromatic carbocycles. The van der Waals surface area contributed by atoms with Gasteiger partial charge in [-0.05, 0) is 80.7 Å². The summed E-state index contributed by atoms with van der Waals surface area (Å²) in [7, 11) is 0. The first kappa shape index (κ1) is 41.1. The quantitative estimate of drug-likeness (QED) is 0.139. The van der Waals surface area contributed by atoms with Crippen LogP contribution in [0.1, 0.15) is 129 Å². The highest BCUT2D eigenvalue weighted by Crippen LogP contribution is 2.41. The summed E-state index contributed by atoms with van der Waals surface area (Å²) in [5.41, 5.74) is 3.77. The van der Waals surface area contributed by atoms with Gasteiger partial charge in [-0.3, -0.25) is 9.59 Å². The lowest BCUT2D eigenvalue weighted by atomic mass is 9.77. The molecule has 2 atom stereocenters. The minimum absolute atomic E-state index is 0.251. The molecule has 0 aliphatic heterocycles. The number of rotatable bonds is 15. The Morgan fingerprint density at radius 1 is 0.521 bits per heavy atom. The summed E-state index contributed by atoms with van der Waals surface area (Å²) in [5, 5.41) is 41.9. The Morgan fingerprint density at radius 2 is 0.771 bits per heavy atom. The number of benzene rings is 2. The van der Waals surface area contributed by atoms with Crippen LogP contribution in [0.4, 0.5) is 0 Å². The number of hydrogen-bond donors (Lipinski definition) is 4. The highest BCUT2D eigenvalue weighted by Gasteiger charge is 2.30. The molecule has 8 nitrogen and oxygen atoms in total. The second-order valence-electron chi connectivity index (χ2n) is 17.4. The Hall–Kier alpha value is -3.10. The summed E-state index contributed by atoms with van der Waals surface area (Å²) in [6.45, 7) is 25.4. The molecule has 0 saturated heterocycles. The monoisotopic (exact) mass is 670 g/mol. The molecule has 0 aliphatic carbocycles. The zero-order valence-electron chi connectivity index (χ0n) is 31.5. The van der Waals surface area contributed by atoms with E-state index in [4.69, 9.17) is 9.47 Å². The molecule has 0 aliphatic rings. The molecule has 0 aromatic heterocycles. The van der Waals surface area contributed by atoms with Crippen LogP contribution in [0, 0.1) is 11.8 Å². The van der Waals surface area contributed by atoms with Gasteiger partial charge < -0.3 is 29.9 Å². The predicted octanol–water partition coefficient (Wildman–Crippen LogP) is 8.29. The third-order valence-corrected chi connectivity index (χ3v) is 8.83. The molecular weight excluding hydrogens is 608 g/mol. The van der Waals surface area contributed by atoms with E-state index in [1.54, 1.807) is 0 Å². The zero-order valence-corrected chi connectivity index (χ0v) is 31.5. The SMILES string of the molecule is CC(C)(C)c1cc(CC(CCOCCOCCC(Cc2cc(C(C)(C)C)c(O)c(C(C)(C)C)c2)C(=O)O)C(=O)O)cc(C(C)(C)C)c1O. The number of hydrogen-bond acceptors (Lipinski definition) is 6. The van der Waals surface area contributed by atoms with E-state index in [0.29, 0.717) is 25.7 Å². The van der Waals surface area contributed by atoms with Crippen molar-refractivity contribution in [3.8, 4) is 11.5 Å². The van der Waals surface area contributed by atoms with Crippen LogP contribution in [0.2, 0.25) is 0 Å². The number of phenolic OH excluding ortho intramolecular Hbond substituents is 2. The highest BCUT2D eigenvalue weighted by atomic mass is 16.5. The summed E-state index contributed by atoms with van der Waals surface area (Å²) >= 11 is 0. The maximum absolute atomic E-state index is 12.2. The van der Waals surface area contributed by atoms with Gasteiger partial charge >= 0.3 is 11.9 Å². The average Bonchev–Trinajstić information content (AvgIpc) is 2.91. The molecule has 2 aromatic rings. The second kappa shape index (κ2) is 16.1. The van der Waals surface area contributed by atoms with E-state index in [0.717, 1.165) is 33.4 Å². The Kier molecular flexibility index (Phi) is 13.8. The predicted molar refractivity (Wildman–Crippen MR) is 192 cm³/mol. The van der Waals surface area contributed by atoms with Crippen LogP contribution in [0.5, 0.6) is 11.5 Å². The standard InChI is InChI=1S/C40H62O8/c1-37(2,3)29-21-25(22-30(33(29)41)38(4,5)6)19-27(35(43)44)13-15-47-17-18-48-16-14-28(36(45)46)20-26-23-31(39(7,8)9)34(42)32(24-26)40(10,11)12/h21-24,27-28,41-42H,13-20H2,1-12H3,(H,43,44)(H,45,46). The van der Waals surface area contributed by atoms with E-state index < -0.39 is 23.8 Å². The van der Waals surface area contributed by atoms with Crippen molar-refractivity contribution in [3.05, 3.63) is 57.6 Å². The normalized spacial score (nSPS) is 14.2. The van der Waals surface area contributed by atoms with Crippen molar-refractivity contribution < 1.29 is 39.5 Å². The van der Waals surface area contributed by atoms with Crippen LogP contribution in [-0.4, -0.2) is 58.8 Å². The third kappa shape index (κ3) is 11.8. The Bertz CT molecular complexity index is 1220. The van der Waals surface area contributed by atoms with Crippen molar-refractivity contribution in [3.63, 3.8) is 0 Å². The van der Waals surface area contributed by atoms with E-state index >= 15 is 0 Å². The first-order valence-corrected chi connectivity index (χ1v) is 17.2. The van der Waals surface area contributed by atoms with E-state index in [9.17, 15) is 30.0 Å². The number of phenols is 2. The van der Waals surface area contributed by atoms with E-state index in [1.807, 2.05) is 107 Å². The van der Waals surface area contributed by atoms with Crippen LogP contribution in [0.15, 0.2) is 24.3 Å². The summed E-state index contributed by atoms with van der Waals surface area (Å²) < 4.78 is 11.4. The fourth-order valence-electron chi connectivity index (χ4n) is 5.88. The van der Waals surface area contributed by atoms with E-state index in [2.05, 4.69) is 0 Å². The smallest absolute Gasteiger partial charge is 0.306 e. The fourth-order valence-corrected chi connectivity index (χ4v) is 5.88. The summed E-state index contributed by atoms with van der Waals surface area (Å²) in [5.74, 6) is -2.54. The van der Waals surface area contributed by atoms with Gasteiger partial charge in [-0.25, -0.2) is 0 Å². The lowest BCUT2D eigenvalue weighted by molar-refractivity contribution is -0.143. The highest BCUT2D eigenvalue weighted by molar-refractivity contribution is 5.71. The number of carbonyl (C=O) groups is 2.